The number of nitrogens with zero attached hydrogens (tertiary/aromatic N) is 1. The van der Waals surface area contributed by atoms with E-state index in [-0.39, 0.29) is 22.1 Å². The second-order valence-electron chi connectivity index (χ2n) is 3.61. The van der Waals surface area contributed by atoms with Crippen LogP contribution in [0.5, 0.6) is 0 Å². The van der Waals surface area contributed by atoms with Gasteiger partial charge in [0.25, 0.3) is 0 Å². The maximum Gasteiger partial charge on any atom is 0.337 e. The molecule has 2 rings (SSSR count). The predicted octanol–water partition coefficient (Wildman–Crippen LogP) is 3.46. The highest BCUT2D eigenvalue weighted by Gasteiger charge is 2.09. The van der Waals surface area contributed by atoms with E-state index in [0.717, 1.165) is 18.3 Å². The van der Waals surface area contributed by atoms with Crippen molar-refractivity contribution in [3.8, 4) is 0 Å². The van der Waals surface area contributed by atoms with Crippen LogP contribution >= 0.6 is 11.6 Å². The maximum absolute atomic E-state index is 13.0. The number of nitrogens with one attached hydrogen (secondary N) is 1. The fourth-order valence-electron chi connectivity index (χ4n) is 1.36. The summed E-state index contributed by atoms with van der Waals surface area (Å²) in [5, 5.41) is 11.5. The van der Waals surface area contributed by atoms with Gasteiger partial charge in [-0.05, 0) is 18.2 Å². The van der Waals surface area contributed by atoms with Crippen LogP contribution in [0.2, 0.25) is 5.02 Å². The molecule has 0 bridgehead atoms. The Hall–Kier alpha value is -2.21. The topological polar surface area (TPSA) is 62.2 Å². The summed E-state index contributed by atoms with van der Waals surface area (Å²) in [6, 6.07) is 4.41. The molecule has 1 aromatic carbocycles. The van der Waals surface area contributed by atoms with Crippen LogP contribution in [0.1, 0.15) is 10.4 Å². The van der Waals surface area contributed by atoms with Gasteiger partial charge >= 0.3 is 5.97 Å². The molecule has 4 nitrogen and oxygen atoms in total. The molecule has 98 valence electrons. The van der Waals surface area contributed by atoms with E-state index in [1.807, 2.05) is 0 Å². The molecule has 0 amide bonds. The molecule has 0 saturated heterocycles. The summed E-state index contributed by atoms with van der Waals surface area (Å²) >= 11 is 5.84. The van der Waals surface area contributed by atoms with E-state index in [9.17, 15) is 13.6 Å². The number of carbonyl (C=O) groups is 1. The largest absolute Gasteiger partial charge is 0.478 e. The van der Waals surface area contributed by atoms with Crippen LogP contribution in [-0.4, -0.2) is 16.1 Å². The van der Waals surface area contributed by atoms with Crippen molar-refractivity contribution in [2.24, 2.45) is 0 Å². The molecule has 1 heterocycles. The molecule has 0 spiro atoms. The molecule has 0 aliphatic heterocycles. The minimum Gasteiger partial charge on any atom is -0.478 e. The van der Waals surface area contributed by atoms with Crippen LogP contribution < -0.4 is 5.32 Å². The SMILES string of the molecule is O=C(O)c1cnc(Nc2ccc(F)c(F)c2)c(Cl)c1. The van der Waals surface area contributed by atoms with Gasteiger partial charge in [-0.25, -0.2) is 18.6 Å². The Balaban J connectivity index is 2.28. The number of anilines is 2. The molecule has 2 N–H and O–H groups in total. The average Bonchev–Trinajstić information content (AvgIpc) is 2.36. The molecule has 7 heteroatoms. The summed E-state index contributed by atoms with van der Waals surface area (Å²) in [6.07, 6.45) is 1.11. The van der Waals surface area contributed by atoms with Gasteiger partial charge in [0.2, 0.25) is 0 Å². The minimum atomic E-state index is -1.16. The molecule has 19 heavy (non-hydrogen) atoms. The van der Waals surface area contributed by atoms with Gasteiger partial charge in [0, 0.05) is 18.0 Å². The van der Waals surface area contributed by atoms with E-state index in [1.54, 1.807) is 0 Å². The van der Waals surface area contributed by atoms with E-state index < -0.39 is 17.6 Å². The Labute approximate surface area is 111 Å². The molecule has 0 atom stereocenters. The van der Waals surface area contributed by atoms with Gasteiger partial charge in [-0.15, -0.1) is 0 Å². The summed E-state index contributed by atoms with van der Waals surface area (Å²) in [6.45, 7) is 0. The predicted molar refractivity (Wildman–Crippen MR) is 65.8 cm³/mol. The Morgan fingerprint density at radius 2 is 2.00 bits per heavy atom. The Kier molecular flexibility index (Phi) is 3.62. The Bertz CT molecular complexity index is 650. The molecule has 2 aromatic rings. The second kappa shape index (κ2) is 5.19. The van der Waals surface area contributed by atoms with Crippen molar-refractivity contribution in [2.75, 3.05) is 5.32 Å². The molecule has 0 aliphatic rings. The third-order valence-corrected chi connectivity index (χ3v) is 2.56. The highest BCUT2D eigenvalue weighted by molar-refractivity contribution is 6.33. The first-order chi connectivity index (χ1) is 8.97. The van der Waals surface area contributed by atoms with Crippen LogP contribution in [0.3, 0.4) is 0 Å². The van der Waals surface area contributed by atoms with Crippen molar-refractivity contribution in [1.29, 1.82) is 0 Å². The average molecular weight is 285 g/mol. The fourth-order valence-corrected chi connectivity index (χ4v) is 1.57. The maximum atomic E-state index is 13.0. The van der Waals surface area contributed by atoms with Gasteiger partial charge in [-0.2, -0.15) is 0 Å². The third-order valence-electron chi connectivity index (χ3n) is 2.27. The van der Waals surface area contributed by atoms with Crippen molar-refractivity contribution < 1.29 is 18.7 Å². The molecular weight excluding hydrogens is 278 g/mol. The van der Waals surface area contributed by atoms with Crippen molar-refractivity contribution in [3.63, 3.8) is 0 Å². The number of hydrogen-bond acceptors (Lipinski definition) is 3. The first kappa shape index (κ1) is 13.2. The van der Waals surface area contributed by atoms with E-state index in [2.05, 4.69) is 10.3 Å². The van der Waals surface area contributed by atoms with Crippen LogP contribution in [0.4, 0.5) is 20.3 Å². The number of carboxylic acids is 1. The van der Waals surface area contributed by atoms with Gasteiger partial charge < -0.3 is 10.4 Å². The lowest BCUT2D eigenvalue weighted by molar-refractivity contribution is 0.0696. The van der Waals surface area contributed by atoms with Gasteiger partial charge in [0.15, 0.2) is 11.6 Å². The summed E-state index contributed by atoms with van der Waals surface area (Å²) < 4.78 is 25.8. The lowest BCUT2D eigenvalue weighted by Crippen LogP contribution is -2.01. The van der Waals surface area contributed by atoms with Gasteiger partial charge in [0.1, 0.15) is 5.82 Å². The Morgan fingerprint density at radius 1 is 1.26 bits per heavy atom. The zero-order chi connectivity index (χ0) is 14.0. The highest BCUT2D eigenvalue weighted by atomic mass is 35.5. The number of aromatic carboxylic acids is 1. The van der Waals surface area contributed by atoms with E-state index in [0.29, 0.717) is 0 Å². The quantitative estimate of drug-likeness (QED) is 0.906. The summed E-state index contributed by atoms with van der Waals surface area (Å²) in [7, 11) is 0. The van der Waals surface area contributed by atoms with E-state index in [1.165, 1.54) is 12.1 Å². The summed E-state index contributed by atoms with van der Waals surface area (Å²) in [5.74, 6) is -2.99. The molecular formula is C12H7ClF2N2O2. The minimum absolute atomic E-state index is 0.0598. The third kappa shape index (κ3) is 2.97. The number of pyridine rings is 1. The number of rotatable bonds is 3. The van der Waals surface area contributed by atoms with Gasteiger partial charge in [-0.1, -0.05) is 11.6 Å². The van der Waals surface area contributed by atoms with Crippen molar-refractivity contribution in [2.45, 2.75) is 0 Å². The molecule has 0 unspecified atom stereocenters. The van der Waals surface area contributed by atoms with Crippen molar-refractivity contribution in [3.05, 3.63) is 52.7 Å². The number of aromatic nitrogens is 1. The second-order valence-corrected chi connectivity index (χ2v) is 4.02. The zero-order valence-corrected chi connectivity index (χ0v) is 10.1. The number of benzene rings is 1. The molecule has 0 aliphatic carbocycles. The molecule has 0 radical (unpaired) electrons. The van der Waals surface area contributed by atoms with Gasteiger partial charge in [-0.3, -0.25) is 0 Å². The molecule has 0 saturated carbocycles. The smallest absolute Gasteiger partial charge is 0.337 e. The molecule has 1 aromatic heterocycles. The number of halogens is 3. The fraction of sp³-hybridized carbons (Fsp3) is 0. The lowest BCUT2D eigenvalue weighted by Gasteiger charge is -2.08. The van der Waals surface area contributed by atoms with Crippen LogP contribution in [-0.2, 0) is 0 Å². The van der Waals surface area contributed by atoms with Gasteiger partial charge in [0.05, 0.1) is 10.6 Å². The normalized spacial score (nSPS) is 10.3. The monoisotopic (exact) mass is 284 g/mol. The number of carboxylic acid groups (broad SMARTS) is 1. The summed E-state index contributed by atoms with van der Waals surface area (Å²) in [5.41, 5.74) is 0.178. The van der Waals surface area contributed by atoms with E-state index in [4.69, 9.17) is 16.7 Å². The lowest BCUT2D eigenvalue weighted by atomic mass is 10.2. The van der Waals surface area contributed by atoms with Crippen molar-refractivity contribution >= 4 is 29.1 Å². The van der Waals surface area contributed by atoms with Crippen LogP contribution in [0.15, 0.2) is 30.5 Å². The highest BCUT2D eigenvalue weighted by Crippen LogP contribution is 2.24. The molecule has 0 fully saturated rings. The standard InChI is InChI=1S/C12H7ClF2N2O2/c13-8-3-6(12(18)19)5-16-11(8)17-7-1-2-9(14)10(15)4-7/h1-5H,(H,16,17)(H,18,19). The summed E-state index contributed by atoms with van der Waals surface area (Å²) in [4.78, 5) is 14.5. The number of hydrogen-bond donors (Lipinski definition) is 2. The first-order valence-electron chi connectivity index (χ1n) is 5.08. The van der Waals surface area contributed by atoms with E-state index >= 15 is 0 Å². The Morgan fingerprint density at radius 3 is 2.58 bits per heavy atom. The van der Waals surface area contributed by atoms with Crippen molar-refractivity contribution in [1.82, 2.24) is 4.98 Å². The zero-order valence-electron chi connectivity index (χ0n) is 9.32. The first-order valence-corrected chi connectivity index (χ1v) is 5.46. The van der Waals surface area contributed by atoms with Crippen LogP contribution in [0.25, 0.3) is 0 Å². The van der Waals surface area contributed by atoms with Crippen LogP contribution in [0, 0.1) is 11.6 Å².